The van der Waals surface area contributed by atoms with Crippen LogP contribution in [0.3, 0.4) is 0 Å². The second-order valence-corrected chi connectivity index (χ2v) is 4.90. The molecule has 88 valence electrons. The molecule has 0 saturated heterocycles. The molecule has 3 N–H and O–H groups in total. The maximum Gasteiger partial charge on any atom is 0.122 e. The largest absolute Gasteiger partial charge is 0.384 e. The monoisotopic (exact) mass is 312 g/mol. The molecule has 2 rings (SSSR count). The highest BCUT2D eigenvalue weighted by Crippen LogP contribution is 2.19. The average Bonchev–Trinajstić information content (AvgIpc) is 2.67. The minimum atomic E-state index is 0.0142. The summed E-state index contributed by atoms with van der Waals surface area (Å²) in [5.74, 6) is 0.0142. The number of amidine groups is 1. The van der Waals surface area contributed by atoms with Crippen LogP contribution in [0.5, 0.6) is 0 Å². The highest BCUT2D eigenvalue weighted by Gasteiger charge is 2.05. The van der Waals surface area contributed by atoms with Gasteiger partial charge in [0, 0.05) is 16.8 Å². The Balaban J connectivity index is 2.25. The van der Waals surface area contributed by atoms with Crippen molar-refractivity contribution in [3.63, 3.8) is 0 Å². The molecule has 0 amide bonds. The average molecular weight is 314 g/mol. The molecule has 0 aliphatic carbocycles. The Morgan fingerprint density at radius 2 is 2.29 bits per heavy atom. The minimum absolute atomic E-state index is 0.0142. The van der Waals surface area contributed by atoms with Crippen molar-refractivity contribution in [2.75, 3.05) is 0 Å². The van der Waals surface area contributed by atoms with Crippen LogP contribution in [0.4, 0.5) is 0 Å². The van der Waals surface area contributed by atoms with Crippen LogP contribution in [0, 0.1) is 5.41 Å². The van der Waals surface area contributed by atoms with Crippen LogP contribution in [-0.4, -0.2) is 15.6 Å². The van der Waals surface area contributed by atoms with E-state index < -0.39 is 0 Å². The van der Waals surface area contributed by atoms with Crippen molar-refractivity contribution >= 4 is 33.4 Å². The van der Waals surface area contributed by atoms with Crippen molar-refractivity contribution in [1.82, 2.24) is 9.78 Å². The second-order valence-electron chi connectivity index (χ2n) is 3.58. The van der Waals surface area contributed by atoms with Gasteiger partial charge in [-0.2, -0.15) is 5.10 Å². The Morgan fingerprint density at radius 3 is 2.82 bits per heavy atom. The number of nitrogens with one attached hydrogen (secondary N) is 1. The molecule has 0 bridgehead atoms. The van der Waals surface area contributed by atoms with Crippen molar-refractivity contribution in [3.05, 3.63) is 51.2 Å². The Bertz CT molecular complexity index is 564. The van der Waals surface area contributed by atoms with Gasteiger partial charge in [-0.15, -0.1) is 0 Å². The van der Waals surface area contributed by atoms with Crippen LogP contribution in [0.15, 0.2) is 35.1 Å². The lowest BCUT2D eigenvalue weighted by Gasteiger charge is -2.06. The lowest BCUT2D eigenvalue weighted by molar-refractivity contribution is 0.687. The van der Waals surface area contributed by atoms with Crippen LogP contribution in [0.25, 0.3) is 0 Å². The van der Waals surface area contributed by atoms with Crippen molar-refractivity contribution in [2.24, 2.45) is 5.73 Å². The van der Waals surface area contributed by atoms with Gasteiger partial charge in [-0.3, -0.25) is 10.1 Å². The molecule has 0 aliphatic heterocycles. The smallest absolute Gasteiger partial charge is 0.122 e. The number of nitrogens with two attached hydrogens (primary N) is 1. The molecule has 4 nitrogen and oxygen atoms in total. The molecule has 0 saturated carbocycles. The first-order valence-electron chi connectivity index (χ1n) is 4.87. The van der Waals surface area contributed by atoms with Crippen molar-refractivity contribution < 1.29 is 0 Å². The van der Waals surface area contributed by atoms with E-state index in [0.717, 1.165) is 10.0 Å². The standard InChI is InChI=1S/C11H10BrClN4/c12-9-4-16-17(6-9)5-8-2-1-7(11(14)15)3-10(8)13/h1-4,6H,5H2,(H3,14,15). The summed E-state index contributed by atoms with van der Waals surface area (Å²) in [7, 11) is 0. The molecule has 0 radical (unpaired) electrons. The SMILES string of the molecule is N=C(N)c1ccc(Cn2cc(Br)cn2)c(Cl)c1. The van der Waals surface area contributed by atoms with E-state index in [2.05, 4.69) is 21.0 Å². The molecule has 1 heterocycles. The third kappa shape index (κ3) is 2.87. The quantitative estimate of drug-likeness (QED) is 0.675. The first-order chi connectivity index (χ1) is 8.06. The molecule has 0 fully saturated rings. The van der Waals surface area contributed by atoms with Crippen molar-refractivity contribution in [3.8, 4) is 0 Å². The predicted octanol–water partition coefficient (Wildman–Crippen LogP) is 2.63. The molecule has 1 aromatic heterocycles. The van der Waals surface area contributed by atoms with Crippen LogP contribution >= 0.6 is 27.5 Å². The molecule has 2 aromatic rings. The molecule has 17 heavy (non-hydrogen) atoms. The van der Waals surface area contributed by atoms with Crippen molar-refractivity contribution in [1.29, 1.82) is 5.41 Å². The summed E-state index contributed by atoms with van der Waals surface area (Å²) in [6.45, 7) is 0.586. The van der Waals surface area contributed by atoms with Gasteiger partial charge >= 0.3 is 0 Å². The Hall–Kier alpha value is -1.33. The van der Waals surface area contributed by atoms with Gasteiger partial charge in [0.2, 0.25) is 0 Å². The van der Waals surface area contributed by atoms with E-state index in [9.17, 15) is 0 Å². The molecule has 0 aliphatic rings. The molecule has 1 aromatic carbocycles. The number of benzene rings is 1. The van der Waals surface area contributed by atoms with Crippen molar-refractivity contribution in [2.45, 2.75) is 6.54 Å². The van der Waals surface area contributed by atoms with Gasteiger partial charge < -0.3 is 5.73 Å². The Kier molecular flexibility index (Phi) is 3.49. The lowest BCUT2D eigenvalue weighted by Crippen LogP contribution is -2.11. The number of nitrogen functional groups attached to an aromatic ring is 1. The van der Waals surface area contributed by atoms with E-state index in [-0.39, 0.29) is 5.84 Å². The van der Waals surface area contributed by atoms with E-state index in [4.69, 9.17) is 22.7 Å². The topological polar surface area (TPSA) is 67.7 Å². The first kappa shape index (κ1) is 12.1. The lowest BCUT2D eigenvalue weighted by atomic mass is 10.1. The third-order valence-electron chi connectivity index (χ3n) is 2.30. The molecule has 0 spiro atoms. The van der Waals surface area contributed by atoms with Crippen LogP contribution in [0.1, 0.15) is 11.1 Å². The number of hydrogen-bond acceptors (Lipinski definition) is 2. The van der Waals surface area contributed by atoms with Gasteiger partial charge in [0.25, 0.3) is 0 Å². The zero-order valence-corrected chi connectivity index (χ0v) is 11.2. The fraction of sp³-hybridized carbons (Fsp3) is 0.0909. The Morgan fingerprint density at radius 1 is 1.53 bits per heavy atom. The number of rotatable bonds is 3. The number of nitrogens with zero attached hydrogens (tertiary/aromatic N) is 2. The van der Waals surface area contributed by atoms with E-state index in [1.807, 2.05) is 12.3 Å². The number of aromatic nitrogens is 2. The summed E-state index contributed by atoms with van der Waals surface area (Å²) >= 11 is 9.46. The maximum atomic E-state index is 7.32. The maximum absolute atomic E-state index is 7.32. The highest BCUT2D eigenvalue weighted by atomic mass is 79.9. The van der Waals surface area contributed by atoms with Gasteiger partial charge in [-0.1, -0.05) is 23.7 Å². The molecular formula is C11H10BrClN4. The summed E-state index contributed by atoms with van der Waals surface area (Å²) in [6, 6.07) is 5.33. The first-order valence-corrected chi connectivity index (χ1v) is 6.04. The predicted molar refractivity (Wildman–Crippen MR) is 71.5 cm³/mol. The summed E-state index contributed by atoms with van der Waals surface area (Å²) in [4.78, 5) is 0. The van der Waals surface area contributed by atoms with E-state index in [1.165, 1.54) is 0 Å². The number of halogens is 2. The summed E-state index contributed by atoms with van der Waals surface area (Å²) in [5.41, 5.74) is 6.95. The second kappa shape index (κ2) is 4.89. The normalized spacial score (nSPS) is 10.5. The highest BCUT2D eigenvalue weighted by molar-refractivity contribution is 9.10. The van der Waals surface area contributed by atoms with E-state index >= 15 is 0 Å². The van der Waals surface area contributed by atoms with Gasteiger partial charge in [0.05, 0.1) is 17.2 Å². The van der Waals surface area contributed by atoms with Crippen LogP contribution in [-0.2, 0) is 6.54 Å². The summed E-state index contributed by atoms with van der Waals surface area (Å²) < 4.78 is 2.70. The molecule has 0 unspecified atom stereocenters. The van der Waals surface area contributed by atoms with E-state index in [1.54, 1.807) is 23.0 Å². The molecular weight excluding hydrogens is 304 g/mol. The summed E-state index contributed by atoms with van der Waals surface area (Å²) in [6.07, 6.45) is 3.59. The fourth-order valence-corrected chi connectivity index (χ4v) is 2.01. The van der Waals surface area contributed by atoms with Crippen LogP contribution in [0.2, 0.25) is 5.02 Å². The Labute approximate surface area is 112 Å². The van der Waals surface area contributed by atoms with E-state index in [0.29, 0.717) is 17.1 Å². The fourth-order valence-electron chi connectivity index (χ4n) is 1.44. The number of hydrogen-bond donors (Lipinski definition) is 2. The third-order valence-corrected chi connectivity index (χ3v) is 3.06. The van der Waals surface area contributed by atoms with Gasteiger partial charge in [-0.25, -0.2) is 0 Å². The zero-order valence-electron chi connectivity index (χ0n) is 8.82. The van der Waals surface area contributed by atoms with Gasteiger partial charge in [-0.05, 0) is 27.6 Å². The molecule has 6 heteroatoms. The van der Waals surface area contributed by atoms with Gasteiger partial charge in [0.15, 0.2) is 0 Å². The minimum Gasteiger partial charge on any atom is -0.384 e. The summed E-state index contributed by atoms with van der Waals surface area (Å²) in [5, 5.41) is 12.1. The van der Waals surface area contributed by atoms with Crippen LogP contribution < -0.4 is 5.73 Å². The zero-order chi connectivity index (χ0) is 12.4. The molecule has 0 atom stereocenters. The van der Waals surface area contributed by atoms with Gasteiger partial charge in [0.1, 0.15) is 5.84 Å².